The summed E-state index contributed by atoms with van der Waals surface area (Å²) in [6.45, 7) is 0.869. The van der Waals surface area contributed by atoms with E-state index in [-0.39, 0.29) is 11.2 Å². The predicted octanol–water partition coefficient (Wildman–Crippen LogP) is 2.53. The first-order valence-corrected chi connectivity index (χ1v) is 6.48. The van der Waals surface area contributed by atoms with Gasteiger partial charge in [0.25, 0.3) is 0 Å². The molecule has 1 fully saturated rings. The van der Waals surface area contributed by atoms with Crippen LogP contribution in [0.4, 0.5) is 4.39 Å². The fourth-order valence-corrected chi connectivity index (χ4v) is 2.40. The molecule has 1 aliphatic rings. The first-order valence-electron chi connectivity index (χ1n) is 6.48. The summed E-state index contributed by atoms with van der Waals surface area (Å²) in [5.74, 6) is 0.577. The Labute approximate surface area is 111 Å². The molecule has 98 valence electrons. The molecular formula is C15H16FN3. The van der Waals surface area contributed by atoms with E-state index in [4.69, 9.17) is 0 Å². The number of benzene rings is 1. The van der Waals surface area contributed by atoms with Crippen molar-refractivity contribution in [3.8, 4) is 11.3 Å². The lowest BCUT2D eigenvalue weighted by Crippen LogP contribution is -2.25. The van der Waals surface area contributed by atoms with Crippen LogP contribution >= 0.6 is 0 Å². The van der Waals surface area contributed by atoms with E-state index >= 15 is 0 Å². The van der Waals surface area contributed by atoms with Gasteiger partial charge in [-0.15, -0.1) is 0 Å². The summed E-state index contributed by atoms with van der Waals surface area (Å²) in [4.78, 5) is 8.94. The van der Waals surface area contributed by atoms with Gasteiger partial charge in [0.2, 0.25) is 0 Å². The van der Waals surface area contributed by atoms with Crippen LogP contribution in [0.2, 0.25) is 0 Å². The quantitative estimate of drug-likeness (QED) is 0.914. The molecule has 2 aromatic rings. The van der Waals surface area contributed by atoms with Gasteiger partial charge < -0.3 is 5.32 Å². The second-order valence-corrected chi connectivity index (χ2v) is 5.06. The van der Waals surface area contributed by atoms with Gasteiger partial charge in [0.05, 0.1) is 5.69 Å². The van der Waals surface area contributed by atoms with E-state index < -0.39 is 0 Å². The third kappa shape index (κ3) is 2.24. The van der Waals surface area contributed by atoms with Crippen molar-refractivity contribution in [3.05, 3.63) is 48.2 Å². The predicted molar refractivity (Wildman–Crippen MR) is 72.3 cm³/mol. The number of aromatic nitrogens is 2. The lowest BCUT2D eigenvalue weighted by molar-refractivity contribution is 0.587. The van der Waals surface area contributed by atoms with Crippen LogP contribution in [0, 0.1) is 5.82 Å². The van der Waals surface area contributed by atoms with Crippen LogP contribution in [-0.4, -0.2) is 23.6 Å². The first kappa shape index (κ1) is 12.2. The highest BCUT2D eigenvalue weighted by molar-refractivity contribution is 5.59. The van der Waals surface area contributed by atoms with Gasteiger partial charge in [-0.1, -0.05) is 12.1 Å². The van der Waals surface area contributed by atoms with Crippen LogP contribution in [0.15, 0.2) is 36.5 Å². The summed E-state index contributed by atoms with van der Waals surface area (Å²) in [5.41, 5.74) is 1.24. The van der Waals surface area contributed by atoms with Crippen LogP contribution in [0.3, 0.4) is 0 Å². The van der Waals surface area contributed by atoms with Crippen LogP contribution in [-0.2, 0) is 5.41 Å². The molecular weight excluding hydrogens is 241 g/mol. The average Bonchev–Trinajstić information content (AvgIpc) is 3.21. The minimum atomic E-state index is -0.245. The second kappa shape index (κ2) is 4.70. The molecule has 0 aliphatic heterocycles. The molecule has 19 heavy (non-hydrogen) atoms. The van der Waals surface area contributed by atoms with Gasteiger partial charge in [-0.25, -0.2) is 14.4 Å². The summed E-state index contributed by atoms with van der Waals surface area (Å²) < 4.78 is 13.8. The summed E-state index contributed by atoms with van der Waals surface area (Å²) in [5, 5.41) is 3.19. The van der Waals surface area contributed by atoms with E-state index in [9.17, 15) is 4.39 Å². The third-order valence-electron chi connectivity index (χ3n) is 3.65. The highest BCUT2D eigenvalue weighted by atomic mass is 19.1. The number of halogens is 1. The fourth-order valence-electron chi connectivity index (χ4n) is 2.40. The van der Waals surface area contributed by atoms with Crippen molar-refractivity contribution in [2.24, 2.45) is 0 Å². The molecule has 1 aromatic carbocycles. The van der Waals surface area contributed by atoms with Gasteiger partial charge in [0.15, 0.2) is 0 Å². The van der Waals surface area contributed by atoms with E-state index in [1.807, 2.05) is 13.1 Å². The van der Waals surface area contributed by atoms with Gasteiger partial charge in [-0.3, -0.25) is 0 Å². The minimum Gasteiger partial charge on any atom is -0.319 e. The van der Waals surface area contributed by atoms with E-state index in [1.54, 1.807) is 24.4 Å². The zero-order chi connectivity index (χ0) is 13.3. The largest absolute Gasteiger partial charge is 0.319 e. The maximum Gasteiger partial charge on any atom is 0.136 e. The normalized spacial score (nSPS) is 16.3. The molecule has 0 saturated heterocycles. The number of nitrogens with zero attached hydrogens (tertiary/aromatic N) is 2. The van der Waals surface area contributed by atoms with E-state index in [0.29, 0.717) is 11.3 Å². The van der Waals surface area contributed by atoms with Gasteiger partial charge in [-0.2, -0.15) is 0 Å². The summed E-state index contributed by atoms with van der Waals surface area (Å²) in [6.07, 6.45) is 3.91. The number of hydrogen-bond acceptors (Lipinski definition) is 3. The molecule has 0 spiro atoms. The van der Waals surface area contributed by atoms with Crippen LogP contribution in [0.25, 0.3) is 11.3 Å². The second-order valence-electron chi connectivity index (χ2n) is 5.06. The Balaban J connectivity index is 1.99. The summed E-state index contributed by atoms with van der Waals surface area (Å²) in [7, 11) is 1.93. The molecule has 0 bridgehead atoms. The summed E-state index contributed by atoms with van der Waals surface area (Å²) in [6, 6.07) is 8.47. The molecule has 1 aromatic heterocycles. The maximum atomic E-state index is 13.8. The van der Waals surface area contributed by atoms with Crippen molar-refractivity contribution in [1.29, 1.82) is 0 Å². The minimum absolute atomic E-state index is 0.0516. The lowest BCUT2D eigenvalue weighted by Gasteiger charge is -2.13. The zero-order valence-corrected chi connectivity index (χ0v) is 10.9. The molecule has 1 saturated carbocycles. The highest BCUT2D eigenvalue weighted by Gasteiger charge is 2.46. The number of hydrogen-bond donors (Lipinski definition) is 1. The Morgan fingerprint density at radius 3 is 2.74 bits per heavy atom. The average molecular weight is 257 g/mol. The monoisotopic (exact) mass is 257 g/mol. The molecule has 1 N–H and O–H groups in total. The van der Waals surface area contributed by atoms with Gasteiger partial charge in [0, 0.05) is 23.7 Å². The Kier molecular flexibility index (Phi) is 3.03. The molecule has 3 nitrogen and oxygen atoms in total. The molecule has 4 heteroatoms. The fraction of sp³-hybridized carbons (Fsp3) is 0.333. The smallest absolute Gasteiger partial charge is 0.136 e. The van der Waals surface area contributed by atoms with Crippen LogP contribution in [0.1, 0.15) is 18.7 Å². The van der Waals surface area contributed by atoms with E-state index in [1.165, 1.54) is 6.07 Å². The molecule has 3 rings (SSSR count). The van der Waals surface area contributed by atoms with Crippen molar-refractivity contribution in [3.63, 3.8) is 0 Å². The van der Waals surface area contributed by atoms with Gasteiger partial charge in [-0.05, 0) is 38.1 Å². The topological polar surface area (TPSA) is 37.8 Å². The first-order chi connectivity index (χ1) is 9.25. The summed E-state index contributed by atoms with van der Waals surface area (Å²) >= 11 is 0. The van der Waals surface area contributed by atoms with Crippen molar-refractivity contribution in [2.75, 3.05) is 13.6 Å². The van der Waals surface area contributed by atoms with E-state index in [2.05, 4.69) is 15.3 Å². The Bertz CT molecular complexity index is 593. The van der Waals surface area contributed by atoms with E-state index in [0.717, 1.165) is 25.2 Å². The maximum absolute atomic E-state index is 13.8. The Morgan fingerprint density at radius 1 is 1.26 bits per heavy atom. The molecule has 1 heterocycles. The zero-order valence-electron chi connectivity index (χ0n) is 10.9. The van der Waals surface area contributed by atoms with Gasteiger partial charge in [0.1, 0.15) is 11.6 Å². The van der Waals surface area contributed by atoms with Crippen molar-refractivity contribution < 1.29 is 4.39 Å². The van der Waals surface area contributed by atoms with Crippen LogP contribution < -0.4 is 5.32 Å². The van der Waals surface area contributed by atoms with Crippen molar-refractivity contribution >= 4 is 0 Å². The van der Waals surface area contributed by atoms with Crippen LogP contribution in [0.5, 0.6) is 0 Å². The van der Waals surface area contributed by atoms with Crippen molar-refractivity contribution in [2.45, 2.75) is 18.3 Å². The molecule has 0 unspecified atom stereocenters. The Hall–Kier alpha value is -1.81. The standard InChI is InChI=1S/C15H16FN3/c1-17-10-15(7-8-15)14-18-9-6-13(19-14)11-4-2-3-5-12(11)16/h2-6,9,17H,7-8,10H2,1H3. The molecule has 0 radical (unpaired) electrons. The highest BCUT2D eigenvalue weighted by Crippen LogP contribution is 2.46. The van der Waals surface area contributed by atoms with Crippen molar-refractivity contribution in [1.82, 2.24) is 15.3 Å². The Morgan fingerprint density at radius 2 is 2.05 bits per heavy atom. The third-order valence-corrected chi connectivity index (χ3v) is 3.65. The number of rotatable bonds is 4. The number of nitrogens with one attached hydrogen (secondary N) is 1. The molecule has 1 aliphatic carbocycles. The molecule has 0 amide bonds. The lowest BCUT2D eigenvalue weighted by atomic mass is 10.1. The van der Waals surface area contributed by atoms with Gasteiger partial charge >= 0.3 is 0 Å². The SMILES string of the molecule is CNCC1(c2nccc(-c3ccccc3F)n2)CC1. The number of likely N-dealkylation sites (N-methyl/N-ethyl adjacent to an activating group) is 1. The molecule has 0 atom stereocenters.